The van der Waals surface area contributed by atoms with Crippen molar-refractivity contribution in [1.82, 2.24) is 9.47 Å². The van der Waals surface area contributed by atoms with Gasteiger partial charge in [-0.25, -0.2) is 0 Å². The van der Waals surface area contributed by atoms with Crippen molar-refractivity contribution in [2.75, 3.05) is 6.54 Å². The smallest absolute Gasteiger partial charge is 0.303 e. The lowest BCUT2D eigenvalue weighted by Crippen LogP contribution is -2.42. The monoisotopic (exact) mass is 298 g/mol. The van der Waals surface area contributed by atoms with Gasteiger partial charge in [-0.2, -0.15) is 0 Å². The number of carbonyl (C=O) groups is 2. The van der Waals surface area contributed by atoms with Crippen molar-refractivity contribution in [3.8, 4) is 0 Å². The molecule has 1 atom stereocenters. The van der Waals surface area contributed by atoms with Gasteiger partial charge in [0.05, 0.1) is 12.5 Å². The molecule has 1 aromatic carbocycles. The summed E-state index contributed by atoms with van der Waals surface area (Å²) in [6, 6.07) is 13.7. The first-order valence-electron chi connectivity index (χ1n) is 7.38. The molecule has 1 aliphatic heterocycles. The number of aliphatic carboxylic acids is 1. The second-order valence-electron chi connectivity index (χ2n) is 5.42. The van der Waals surface area contributed by atoms with Crippen LogP contribution < -0.4 is 0 Å². The van der Waals surface area contributed by atoms with Crippen LogP contribution in [-0.4, -0.2) is 33.0 Å². The minimum Gasteiger partial charge on any atom is -0.481 e. The molecule has 114 valence electrons. The minimum absolute atomic E-state index is 0.0410. The molecular weight excluding hydrogens is 280 g/mol. The summed E-state index contributed by atoms with van der Waals surface area (Å²) in [5.74, 6) is -1.05. The normalized spacial score (nSPS) is 17.1. The Morgan fingerprint density at radius 3 is 2.55 bits per heavy atom. The summed E-state index contributed by atoms with van der Waals surface area (Å²) >= 11 is 0. The summed E-state index contributed by atoms with van der Waals surface area (Å²) in [7, 11) is 0. The zero-order valence-electron chi connectivity index (χ0n) is 12.2. The maximum absolute atomic E-state index is 12.5. The summed E-state index contributed by atoms with van der Waals surface area (Å²) in [6.07, 6.45) is 1.93. The number of carboxylic acids is 1. The number of hydrogen-bond donors (Lipinski definition) is 1. The van der Waals surface area contributed by atoms with Gasteiger partial charge in [-0.1, -0.05) is 30.3 Å². The third-order valence-electron chi connectivity index (χ3n) is 4.03. The lowest BCUT2D eigenvalue weighted by molar-refractivity contribution is -0.141. The Morgan fingerprint density at radius 2 is 1.82 bits per heavy atom. The van der Waals surface area contributed by atoms with Crippen molar-refractivity contribution in [3.63, 3.8) is 0 Å². The molecule has 1 N–H and O–H groups in total. The highest BCUT2D eigenvalue weighted by Crippen LogP contribution is 2.32. The van der Waals surface area contributed by atoms with Crippen LogP contribution in [0.15, 0.2) is 48.7 Å². The van der Waals surface area contributed by atoms with Crippen LogP contribution in [0.25, 0.3) is 0 Å². The Hall–Kier alpha value is -2.56. The SMILES string of the molecule is O=C(O)CCC(=O)N1CCn2cccc2C1c1ccccc1. The summed E-state index contributed by atoms with van der Waals surface area (Å²) in [6.45, 7) is 1.34. The van der Waals surface area contributed by atoms with Gasteiger partial charge in [0.25, 0.3) is 0 Å². The molecule has 0 spiro atoms. The average molecular weight is 298 g/mol. The zero-order valence-corrected chi connectivity index (χ0v) is 12.2. The highest BCUT2D eigenvalue weighted by Gasteiger charge is 2.31. The lowest BCUT2D eigenvalue weighted by Gasteiger charge is -2.37. The number of carboxylic acid groups (broad SMARTS) is 1. The molecule has 0 aliphatic carbocycles. The highest BCUT2D eigenvalue weighted by atomic mass is 16.4. The average Bonchev–Trinajstić information content (AvgIpc) is 3.01. The lowest BCUT2D eigenvalue weighted by atomic mass is 9.99. The van der Waals surface area contributed by atoms with Crippen LogP contribution in [0.3, 0.4) is 0 Å². The van der Waals surface area contributed by atoms with Crippen molar-refractivity contribution in [1.29, 1.82) is 0 Å². The molecule has 5 nitrogen and oxygen atoms in total. The molecule has 1 unspecified atom stereocenters. The first-order chi connectivity index (χ1) is 10.7. The van der Waals surface area contributed by atoms with Gasteiger partial charge < -0.3 is 14.6 Å². The third-order valence-corrected chi connectivity index (χ3v) is 4.03. The zero-order chi connectivity index (χ0) is 15.5. The molecular formula is C17H18N2O3. The van der Waals surface area contributed by atoms with Gasteiger partial charge in [-0.3, -0.25) is 9.59 Å². The highest BCUT2D eigenvalue weighted by molar-refractivity contribution is 5.81. The van der Waals surface area contributed by atoms with E-state index in [2.05, 4.69) is 4.57 Å². The molecule has 0 saturated carbocycles. The Bertz CT molecular complexity index is 678. The number of rotatable bonds is 4. The number of hydrogen-bond acceptors (Lipinski definition) is 2. The second kappa shape index (κ2) is 6.05. The molecule has 1 amide bonds. The number of nitrogens with zero attached hydrogens (tertiary/aromatic N) is 2. The second-order valence-corrected chi connectivity index (χ2v) is 5.42. The molecule has 22 heavy (non-hydrogen) atoms. The predicted molar refractivity (Wildman–Crippen MR) is 81.3 cm³/mol. The quantitative estimate of drug-likeness (QED) is 0.942. The van der Waals surface area contributed by atoms with E-state index in [4.69, 9.17) is 5.11 Å². The molecule has 3 rings (SSSR count). The van der Waals surface area contributed by atoms with E-state index in [1.165, 1.54) is 0 Å². The largest absolute Gasteiger partial charge is 0.481 e. The van der Waals surface area contributed by atoms with E-state index in [9.17, 15) is 9.59 Å². The Kier molecular flexibility index (Phi) is 3.96. The van der Waals surface area contributed by atoms with Gasteiger partial charge >= 0.3 is 5.97 Å². The third kappa shape index (κ3) is 2.74. The van der Waals surface area contributed by atoms with Gasteiger partial charge in [-0.05, 0) is 17.7 Å². The van der Waals surface area contributed by atoms with Crippen molar-refractivity contribution in [2.24, 2.45) is 0 Å². The van der Waals surface area contributed by atoms with Gasteiger partial charge in [-0.15, -0.1) is 0 Å². The van der Waals surface area contributed by atoms with Gasteiger partial charge in [0.15, 0.2) is 0 Å². The minimum atomic E-state index is -0.940. The fourth-order valence-electron chi connectivity index (χ4n) is 3.00. The van der Waals surface area contributed by atoms with Crippen LogP contribution in [-0.2, 0) is 16.1 Å². The van der Waals surface area contributed by atoms with Crippen LogP contribution in [0, 0.1) is 0 Å². The number of fused-ring (bicyclic) bond motifs is 1. The van der Waals surface area contributed by atoms with Gasteiger partial charge in [0.1, 0.15) is 0 Å². The molecule has 2 aromatic rings. The molecule has 0 bridgehead atoms. The van der Waals surface area contributed by atoms with Gasteiger partial charge in [0, 0.05) is 31.4 Å². The van der Waals surface area contributed by atoms with Crippen molar-refractivity contribution in [3.05, 3.63) is 59.9 Å². The summed E-state index contributed by atoms with van der Waals surface area (Å²) in [5, 5.41) is 8.79. The molecule has 0 fully saturated rings. The van der Waals surface area contributed by atoms with Crippen molar-refractivity contribution in [2.45, 2.75) is 25.4 Å². The van der Waals surface area contributed by atoms with Crippen LogP contribution in [0.5, 0.6) is 0 Å². The molecule has 1 aliphatic rings. The molecule has 5 heteroatoms. The Balaban J connectivity index is 1.92. The first-order valence-corrected chi connectivity index (χ1v) is 7.38. The van der Waals surface area contributed by atoms with Crippen molar-refractivity contribution >= 4 is 11.9 Å². The van der Waals surface area contributed by atoms with Crippen LogP contribution in [0.4, 0.5) is 0 Å². The summed E-state index contributed by atoms with van der Waals surface area (Å²) in [5.41, 5.74) is 2.12. The van der Waals surface area contributed by atoms with E-state index in [-0.39, 0.29) is 24.8 Å². The van der Waals surface area contributed by atoms with E-state index in [0.29, 0.717) is 6.54 Å². The summed E-state index contributed by atoms with van der Waals surface area (Å²) < 4.78 is 2.15. The van der Waals surface area contributed by atoms with Crippen LogP contribution in [0.1, 0.15) is 30.1 Å². The van der Waals surface area contributed by atoms with E-state index < -0.39 is 5.97 Å². The summed E-state index contributed by atoms with van der Waals surface area (Å²) in [4.78, 5) is 25.0. The van der Waals surface area contributed by atoms with E-state index in [0.717, 1.165) is 17.8 Å². The topological polar surface area (TPSA) is 62.5 Å². The van der Waals surface area contributed by atoms with E-state index in [1.54, 1.807) is 4.90 Å². The number of aromatic nitrogens is 1. The van der Waals surface area contributed by atoms with Crippen LogP contribution in [0.2, 0.25) is 0 Å². The molecule has 2 heterocycles. The predicted octanol–water partition coefficient (Wildman–Crippen LogP) is 2.28. The van der Waals surface area contributed by atoms with Crippen LogP contribution >= 0.6 is 0 Å². The fraction of sp³-hybridized carbons (Fsp3) is 0.294. The number of amides is 1. The molecule has 0 radical (unpaired) electrons. The van der Waals surface area contributed by atoms with Gasteiger partial charge in [0.2, 0.25) is 5.91 Å². The Morgan fingerprint density at radius 1 is 1.05 bits per heavy atom. The fourth-order valence-corrected chi connectivity index (χ4v) is 3.00. The maximum Gasteiger partial charge on any atom is 0.303 e. The standard InChI is InChI=1S/C17H18N2O3/c20-15(8-9-16(21)22)19-12-11-18-10-4-7-14(18)17(19)13-5-2-1-3-6-13/h1-7,10,17H,8-9,11-12H2,(H,21,22). The number of carbonyl (C=O) groups excluding carboxylic acids is 1. The Labute approximate surface area is 128 Å². The molecule has 1 aromatic heterocycles. The van der Waals surface area contributed by atoms with Crippen molar-refractivity contribution < 1.29 is 14.7 Å². The number of benzene rings is 1. The first kappa shape index (κ1) is 14.4. The maximum atomic E-state index is 12.5. The molecule has 0 saturated heterocycles. The van der Waals surface area contributed by atoms with E-state index in [1.807, 2.05) is 48.7 Å². The van der Waals surface area contributed by atoms with E-state index >= 15 is 0 Å².